The van der Waals surface area contributed by atoms with Crippen molar-refractivity contribution in [3.63, 3.8) is 0 Å². The summed E-state index contributed by atoms with van der Waals surface area (Å²) in [6.07, 6.45) is 0.0810. The lowest BCUT2D eigenvalue weighted by atomic mass is 10.1. The normalized spacial score (nSPS) is 15.4. The summed E-state index contributed by atoms with van der Waals surface area (Å²) in [7, 11) is 0. The molecule has 2 N–H and O–H groups in total. The van der Waals surface area contributed by atoms with Gasteiger partial charge in [-0.25, -0.2) is 4.39 Å². The molecule has 1 saturated heterocycles. The second kappa shape index (κ2) is 10.1. The highest BCUT2D eigenvalue weighted by Gasteiger charge is 2.35. The first kappa shape index (κ1) is 22.9. The topological polar surface area (TPSA) is 70.7 Å². The minimum Gasteiger partial charge on any atom is -0.489 e. The summed E-state index contributed by atoms with van der Waals surface area (Å²) in [5, 5.41) is 0.936. The van der Waals surface area contributed by atoms with Gasteiger partial charge in [-0.3, -0.25) is 20.4 Å². The Balaban J connectivity index is 1.30. The maximum atomic E-state index is 13.1. The van der Waals surface area contributed by atoms with Crippen LogP contribution in [0.3, 0.4) is 0 Å². The van der Waals surface area contributed by atoms with Crippen molar-refractivity contribution in [1.29, 1.82) is 0 Å². The number of rotatable bonds is 7. The van der Waals surface area contributed by atoms with Gasteiger partial charge >= 0.3 is 0 Å². The third-order valence-corrected chi connectivity index (χ3v) is 5.93. The Morgan fingerprint density at radius 2 is 1.85 bits per heavy atom. The number of halogens is 3. The SMILES string of the molecule is O=C(NNc1cccc(OCc2ccc(Cl)c(Cl)c2)c1)[C@@H]1CC(=O)N(c2ccc(F)cc2)C1. The minimum absolute atomic E-state index is 0.0810. The first-order valence-electron chi connectivity index (χ1n) is 10.2. The third kappa shape index (κ3) is 5.74. The molecule has 1 atom stereocenters. The van der Waals surface area contributed by atoms with E-state index in [1.807, 2.05) is 6.07 Å². The molecule has 0 radical (unpaired) electrons. The molecule has 0 spiro atoms. The molecule has 2 amide bonds. The monoisotopic (exact) mass is 487 g/mol. The summed E-state index contributed by atoms with van der Waals surface area (Å²) in [4.78, 5) is 26.4. The van der Waals surface area contributed by atoms with E-state index in [0.717, 1.165) is 5.56 Å². The number of carbonyl (C=O) groups excluding carboxylic acids is 2. The average Bonchev–Trinajstić information content (AvgIpc) is 3.21. The van der Waals surface area contributed by atoms with Crippen molar-refractivity contribution in [2.45, 2.75) is 13.0 Å². The van der Waals surface area contributed by atoms with Crippen LogP contribution in [-0.2, 0) is 16.2 Å². The van der Waals surface area contributed by atoms with Gasteiger partial charge in [-0.05, 0) is 54.1 Å². The zero-order valence-corrected chi connectivity index (χ0v) is 18.9. The highest BCUT2D eigenvalue weighted by Crippen LogP contribution is 2.26. The first-order chi connectivity index (χ1) is 15.9. The van der Waals surface area contributed by atoms with Crippen molar-refractivity contribution >= 4 is 46.4 Å². The number of hydrazine groups is 1. The standard InChI is InChI=1S/C24H20Cl2FN3O3/c25-21-9-4-15(10-22(21)26)14-33-20-3-1-2-18(12-20)28-29-24(32)16-11-23(31)30(13-16)19-7-5-17(27)6-8-19/h1-10,12,16,28H,11,13-14H2,(H,29,32)/t16-/m1/s1. The van der Waals surface area contributed by atoms with Gasteiger partial charge < -0.3 is 9.64 Å². The lowest BCUT2D eigenvalue weighted by Gasteiger charge is -2.17. The number of amides is 2. The molecule has 0 bridgehead atoms. The van der Waals surface area contributed by atoms with Crippen LogP contribution >= 0.6 is 23.2 Å². The molecule has 0 aromatic heterocycles. The zero-order valence-electron chi connectivity index (χ0n) is 17.4. The molecule has 0 unspecified atom stereocenters. The summed E-state index contributed by atoms with van der Waals surface area (Å²) in [6, 6.07) is 18.0. The lowest BCUT2D eigenvalue weighted by molar-refractivity contribution is -0.125. The van der Waals surface area contributed by atoms with E-state index in [-0.39, 0.29) is 30.6 Å². The zero-order chi connectivity index (χ0) is 23.4. The molecule has 9 heteroatoms. The van der Waals surface area contributed by atoms with Crippen LogP contribution in [0.5, 0.6) is 5.75 Å². The maximum Gasteiger partial charge on any atom is 0.243 e. The number of hydrogen-bond acceptors (Lipinski definition) is 4. The Labute approximate surface area is 200 Å². The number of nitrogens with zero attached hydrogens (tertiary/aromatic N) is 1. The van der Waals surface area contributed by atoms with Gasteiger partial charge in [0.2, 0.25) is 11.8 Å². The van der Waals surface area contributed by atoms with Gasteiger partial charge in [0, 0.05) is 24.7 Å². The van der Waals surface area contributed by atoms with Crippen molar-refractivity contribution in [2.75, 3.05) is 16.9 Å². The summed E-state index contributed by atoms with van der Waals surface area (Å²) in [6.45, 7) is 0.529. The summed E-state index contributed by atoms with van der Waals surface area (Å²) in [5.41, 5.74) is 7.55. The molecule has 3 aromatic carbocycles. The van der Waals surface area contributed by atoms with Crippen LogP contribution in [0, 0.1) is 11.7 Å². The Kier molecular flexibility index (Phi) is 7.01. The van der Waals surface area contributed by atoms with Gasteiger partial charge in [0.1, 0.15) is 18.2 Å². The fourth-order valence-electron chi connectivity index (χ4n) is 3.45. The van der Waals surface area contributed by atoms with Crippen LogP contribution < -0.4 is 20.5 Å². The van der Waals surface area contributed by atoms with E-state index in [1.54, 1.807) is 36.4 Å². The van der Waals surface area contributed by atoms with E-state index in [9.17, 15) is 14.0 Å². The molecular formula is C24H20Cl2FN3O3. The molecule has 6 nitrogen and oxygen atoms in total. The molecule has 0 saturated carbocycles. The quantitative estimate of drug-likeness (QED) is 0.449. The number of hydrogen-bond donors (Lipinski definition) is 2. The number of anilines is 2. The summed E-state index contributed by atoms with van der Waals surface area (Å²) >= 11 is 12.0. The first-order valence-corrected chi connectivity index (χ1v) is 10.9. The Morgan fingerprint density at radius 3 is 2.61 bits per heavy atom. The molecule has 3 aromatic rings. The smallest absolute Gasteiger partial charge is 0.243 e. The van der Waals surface area contributed by atoms with Crippen LogP contribution in [0.25, 0.3) is 0 Å². The molecular weight excluding hydrogens is 468 g/mol. The molecule has 1 aliphatic heterocycles. The predicted octanol–water partition coefficient (Wildman–Crippen LogP) is 5.21. The van der Waals surface area contributed by atoms with E-state index >= 15 is 0 Å². The number of ether oxygens (including phenoxy) is 1. The van der Waals surface area contributed by atoms with E-state index in [2.05, 4.69) is 10.9 Å². The Morgan fingerprint density at radius 1 is 1.06 bits per heavy atom. The largest absolute Gasteiger partial charge is 0.489 e. The molecule has 0 aliphatic carbocycles. The Hall–Kier alpha value is -3.29. The highest BCUT2D eigenvalue weighted by molar-refractivity contribution is 6.42. The van der Waals surface area contributed by atoms with E-state index in [4.69, 9.17) is 27.9 Å². The highest BCUT2D eigenvalue weighted by atomic mass is 35.5. The Bertz CT molecular complexity index is 1170. The number of nitrogens with one attached hydrogen (secondary N) is 2. The minimum atomic E-state index is -0.524. The van der Waals surface area contributed by atoms with Crippen molar-refractivity contribution < 1.29 is 18.7 Å². The van der Waals surface area contributed by atoms with Crippen LogP contribution in [0.2, 0.25) is 10.0 Å². The predicted molar refractivity (Wildman–Crippen MR) is 126 cm³/mol. The van der Waals surface area contributed by atoms with Crippen molar-refractivity contribution in [1.82, 2.24) is 5.43 Å². The van der Waals surface area contributed by atoms with Crippen molar-refractivity contribution in [3.05, 3.63) is 88.2 Å². The van der Waals surface area contributed by atoms with E-state index in [1.165, 1.54) is 29.2 Å². The fraction of sp³-hybridized carbons (Fsp3) is 0.167. The van der Waals surface area contributed by atoms with Crippen molar-refractivity contribution in [2.24, 2.45) is 5.92 Å². The molecule has 1 heterocycles. The van der Waals surface area contributed by atoms with Gasteiger partial charge in [-0.1, -0.05) is 35.3 Å². The molecule has 1 fully saturated rings. The van der Waals surface area contributed by atoms with Crippen LogP contribution in [0.4, 0.5) is 15.8 Å². The van der Waals surface area contributed by atoms with Crippen LogP contribution in [0.1, 0.15) is 12.0 Å². The van der Waals surface area contributed by atoms with Gasteiger partial charge in [0.05, 0.1) is 21.7 Å². The van der Waals surface area contributed by atoms with E-state index < -0.39 is 5.92 Å². The number of carbonyl (C=O) groups is 2. The fourth-order valence-corrected chi connectivity index (χ4v) is 3.77. The molecule has 33 heavy (non-hydrogen) atoms. The molecule has 1 aliphatic rings. The number of benzene rings is 3. The van der Waals surface area contributed by atoms with Gasteiger partial charge in [-0.2, -0.15) is 0 Å². The van der Waals surface area contributed by atoms with Gasteiger partial charge in [0.15, 0.2) is 0 Å². The summed E-state index contributed by atoms with van der Waals surface area (Å²) < 4.78 is 18.9. The van der Waals surface area contributed by atoms with Crippen LogP contribution in [-0.4, -0.2) is 18.4 Å². The summed E-state index contributed by atoms with van der Waals surface area (Å²) in [5.74, 6) is -0.801. The van der Waals surface area contributed by atoms with Gasteiger partial charge in [-0.15, -0.1) is 0 Å². The molecule has 170 valence electrons. The average molecular weight is 488 g/mol. The second-order valence-electron chi connectivity index (χ2n) is 7.56. The second-order valence-corrected chi connectivity index (χ2v) is 8.38. The molecule has 4 rings (SSSR count). The van der Waals surface area contributed by atoms with Crippen molar-refractivity contribution in [3.8, 4) is 5.75 Å². The van der Waals surface area contributed by atoms with Gasteiger partial charge in [0.25, 0.3) is 0 Å². The van der Waals surface area contributed by atoms with Crippen LogP contribution in [0.15, 0.2) is 66.7 Å². The van der Waals surface area contributed by atoms with E-state index in [0.29, 0.717) is 33.8 Å². The third-order valence-electron chi connectivity index (χ3n) is 5.19. The lowest BCUT2D eigenvalue weighted by Crippen LogP contribution is -2.36. The maximum absolute atomic E-state index is 13.1.